The molecule has 2 aliphatic heterocycles. The van der Waals surface area contributed by atoms with Gasteiger partial charge in [-0.1, -0.05) is 18.7 Å². The molecule has 2 N–H and O–H groups in total. The minimum absolute atomic E-state index is 0.663. The molecule has 0 bridgehead atoms. The van der Waals surface area contributed by atoms with E-state index >= 15 is 0 Å². The number of piperazine rings is 2. The highest BCUT2D eigenvalue weighted by molar-refractivity contribution is 5.78. The van der Waals surface area contributed by atoms with Gasteiger partial charge in [-0.15, -0.1) is 0 Å². The number of allylic oxidation sites excluding steroid dienone is 2. The number of benzene rings is 1. The van der Waals surface area contributed by atoms with Crippen LogP contribution in [0.4, 0.5) is 0 Å². The highest BCUT2D eigenvalue weighted by Crippen LogP contribution is 2.27. The van der Waals surface area contributed by atoms with E-state index in [1.807, 2.05) is 6.92 Å². The molecule has 0 saturated carbocycles. The summed E-state index contributed by atoms with van der Waals surface area (Å²) < 4.78 is 0. The van der Waals surface area contributed by atoms with Gasteiger partial charge in [-0.05, 0) is 57.4 Å². The lowest BCUT2D eigenvalue weighted by Gasteiger charge is -2.38. The van der Waals surface area contributed by atoms with Crippen molar-refractivity contribution in [2.45, 2.75) is 41.2 Å². The molecule has 176 valence electrons. The van der Waals surface area contributed by atoms with Crippen LogP contribution < -0.4 is 5.73 Å². The van der Waals surface area contributed by atoms with Gasteiger partial charge in [0.15, 0.2) is 5.96 Å². The third kappa shape index (κ3) is 5.66. The zero-order valence-corrected chi connectivity index (χ0v) is 20.8. The fourth-order valence-corrected chi connectivity index (χ4v) is 4.70. The van der Waals surface area contributed by atoms with Gasteiger partial charge in [0.05, 0.1) is 0 Å². The van der Waals surface area contributed by atoms with E-state index in [1.165, 1.54) is 28.0 Å². The molecule has 2 aliphatic rings. The largest absolute Gasteiger partial charge is 0.373 e. The van der Waals surface area contributed by atoms with Crippen LogP contribution in [0.5, 0.6) is 0 Å². The summed E-state index contributed by atoms with van der Waals surface area (Å²) >= 11 is 0. The van der Waals surface area contributed by atoms with E-state index < -0.39 is 0 Å². The summed E-state index contributed by atoms with van der Waals surface area (Å²) in [6.45, 7) is 25.1. The van der Waals surface area contributed by atoms with Crippen molar-refractivity contribution < 1.29 is 0 Å². The van der Waals surface area contributed by atoms with Gasteiger partial charge in [-0.25, -0.2) is 0 Å². The lowest BCUT2D eigenvalue weighted by Crippen LogP contribution is -2.50. The smallest absolute Gasteiger partial charge is 0.191 e. The van der Waals surface area contributed by atoms with Crippen LogP contribution in [0.15, 0.2) is 35.5 Å². The molecule has 2 saturated heterocycles. The first-order chi connectivity index (χ1) is 15.3. The minimum Gasteiger partial charge on any atom is -0.373 e. The van der Waals surface area contributed by atoms with Crippen LogP contribution in [-0.2, 0) is 6.54 Å². The Hall–Kier alpha value is -2.47. The zero-order chi connectivity index (χ0) is 23.3. The summed E-state index contributed by atoms with van der Waals surface area (Å²) in [7, 11) is 0. The Morgan fingerprint density at radius 1 is 0.969 bits per heavy atom. The SMILES string of the molecule is C=C(c1cc(CN2CCN(/C(C)=C/C)CC2)c(C)cc1C)N1CCN(/C(N)=N/CC)CC1. The van der Waals surface area contributed by atoms with E-state index in [2.05, 4.69) is 77.1 Å². The van der Waals surface area contributed by atoms with Crippen molar-refractivity contribution in [2.24, 2.45) is 10.7 Å². The van der Waals surface area contributed by atoms with Gasteiger partial charge in [0.2, 0.25) is 0 Å². The third-order valence-corrected chi connectivity index (χ3v) is 6.98. The normalized spacial score (nSPS) is 19.0. The van der Waals surface area contributed by atoms with Crippen LogP contribution in [0.3, 0.4) is 0 Å². The van der Waals surface area contributed by atoms with Crippen LogP contribution in [0, 0.1) is 13.8 Å². The van der Waals surface area contributed by atoms with E-state index in [4.69, 9.17) is 5.73 Å². The molecule has 0 spiro atoms. The number of guanidine groups is 1. The number of hydrogen-bond donors (Lipinski definition) is 1. The van der Waals surface area contributed by atoms with E-state index in [0.717, 1.165) is 71.1 Å². The van der Waals surface area contributed by atoms with Crippen molar-refractivity contribution in [3.05, 3.63) is 52.7 Å². The number of aliphatic imine (C=N–C) groups is 1. The standard InChI is InChI=1S/C26H42N6/c1-7-22(5)30-11-9-29(10-12-30)19-24-18-25(21(4)17-20(24)3)23(6)31-13-15-32(16-14-31)26(27)28-8-2/h7,17-18H,6,8-16,19H2,1-5H3,(H2,27,28)/b22-7+. The Morgan fingerprint density at radius 2 is 1.56 bits per heavy atom. The summed E-state index contributed by atoms with van der Waals surface area (Å²) in [4.78, 5) is 14.0. The maximum absolute atomic E-state index is 6.10. The number of nitrogens with two attached hydrogens (primary N) is 1. The molecule has 1 aromatic carbocycles. The van der Waals surface area contributed by atoms with Crippen LogP contribution >= 0.6 is 0 Å². The van der Waals surface area contributed by atoms with Crippen LogP contribution in [0.25, 0.3) is 5.70 Å². The highest BCUT2D eigenvalue weighted by atomic mass is 15.3. The number of aryl methyl sites for hydroxylation is 2. The summed E-state index contributed by atoms with van der Waals surface area (Å²) in [5.41, 5.74) is 14.0. The average molecular weight is 439 g/mol. The van der Waals surface area contributed by atoms with Crippen molar-refractivity contribution in [1.29, 1.82) is 0 Å². The number of hydrogen-bond acceptors (Lipinski definition) is 4. The topological polar surface area (TPSA) is 51.3 Å². The molecule has 0 unspecified atom stereocenters. The van der Waals surface area contributed by atoms with E-state index in [-0.39, 0.29) is 0 Å². The predicted octanol–water partition coefficient (Wildman–Crippen LogP) is 3.27. The average Bonchev–Trinajstić information content (AvgIpc) is 2.80. The molecule has 2 heterocycles. The predicted molar refractivity (Wildman–Crippen MR) is 137 cm³/mol. The monoisotopic (exact) mass is 438 g/mol. The first-order valence-corrected chi connectivity index (χ1v) is 12.0. The van der Waals surface area contributed by atoms with Crippen molar-refractivity contribution in [3.63, 3.8) is 0 Å². The van der Waals surface area contributed by atoms with Gasteiger partial charge in [0, 0.05) is 82.4 Å². The molecule has 0 aromatic heterocycles. The Bertz CT molecular complexity index is 855. The summed E-state index contributed by atoms with van der Waals surface area (Å²) in [5.74, 6) is 0.663. The third-order valence-electron chi connectivity index (χ3n) is 6.98. The first kappa shape index (κ1) is 24.2. The maximum Gasteiger partial charge on any atom is 0.191 e. The molecule has 0 radical (unpaired) electrons. The second kappa shape index (κ2) is 10.9. The Kier molecular flexibility index (Phi) is 8.24. The number of nitrogens with zero attached hydrogens (tertiary/aromatic N) is 5. The van der Waals surface area contributed by atoms with Gasteiger partial charge in [-0.3, -0.25) is 9.89 Å². The molecule has 32 heavy (non-hydrogen) atoms. The second-order valence-corrected chi connectivity index (χ2v) is 9.04. The van der Waals surface area contributed by atoms with Crippen LogP contribution in [0.2, 0.25) is 0 Å². The van der Waals surface area contributed by atoms with Crippen LogP contribution in [-0.4, -0.2) is 84.5 Å². The summed E-state index contributed by atoms with van der Waals surface area (Å²) in [5, 5.41) is 0. The van der Waals surface area contributed by atoms with Gasteiger partial charge in [0.1, 0.15) is 0 Å². The van der Waals surface area contributed by atoms with Crippen molar-refractivity contribution in [1.82, 2.24) is 19.6 Å². The van der Waals surface area contributed by atoms with Gasteiger partial charge in [0.25, 0.3) is 0 Å². The molecule has 6 nitrogen and oxygen atoms in total. The minimum atomic E-state index is 0.663. The Balaban J connectivity index is 1.65. The fourth-order valence-electron chi connectivity index (χ4n) is 4.70. The molecule has 1 aromatic rings. The molecule has 0 aliphatic carbocycles. The number of rotatable bonds is 6. The molecule has 0 atom stereocenters. The highest BCUT2D eigenvalue weighted by Gasteiger charge is 2.22. The van der Waals surface area contributed by atoms with E-state index in [0.29, 0.717) is 5.96 Å². The van der Waals surface area contributed by atoms with Gasteiger partial charge in [-0.2, -0.15) is 0 Å². The molecular weight excluding hydrogens is 396 g/mol. The zero-order valence-electron chi connectivity index (χ0n) is 20.8. The Labute approximate surface area is 195 Å². The Morgan fingerprint density at radius 3 is 2.16 bits per heavy atom. The molecule has 3 rings (SSSR count). The van der Waals surface area contributed by atoms with Gasteiger partial charge < -0.3 is 20.4 Å². The lowest BCUT2D eigenvalue weighted by atomic mass is 9.97. The van der Waals surface area contributed by atoms with Crippen LogP contribution in [0.1, 0.15) is 43.0 Å². The maximum atomic E-state index is 6.10. The lowest BCUT2D eigenvalue weighted by molar-refractivity contribution is 0.152. The van der Waals surface area contributed by atoms with E-state index in [9.17, 15) is 0 Å². The van der Waals surface area contributed by atoms with E-state index in [1.54, 1.807) is 0 Å². The fraction of sp³-hybridized carbons (Fsp3) is 0.577. The second-order valence-electron chi connectivity index (χ2n) is 9.04. The first-order valence-electron chi connectivity index (χ1n) is 12.0. The quantitative estimate of drug-likeness (QED) is 0.546. The molecular formula is C26H42N6. The van der Waals surface area contributed by atoms with Crippen molar-refractivity contribution >= 4 is 11.7 Å². The molecule has 2 fully saturated rings. The summed E-state index contributed by atoms with van der Waals surface area (Å²) in [6, 6.07) is 4.72. The molecule has 6 heteroatoms. The van der Waals surface area contributed by atoms with Crippen molar-refractivity contribution in [3.8, 4) is 0 Å². The summed E-state index contributed by atoms with van der Waals surface area (Å²) in [6.07, 6.45) is 2.21. The van der Waals surface area contributed by atoms with Gasteiger partial charge >= 0.3 is 0 Å². The van der Waals surface area contributed by atoms with Crippen molar-refractivity contribution in [2.75, 3.05) is 58.9 Å². The molecule has 0 amide bonds.